The molecule has 0 fully saturated rings. The molecule has 1 atom stereocenters. The Bertz CT molecular complexity index is 1060. The summed E-state index contributed by atoms with van der Waals surface area (Å²) in [6.45, 7) is 6.19. The molecule has 0 bridgehead atoms. The number of fused-ring (bicyclic) bond motifs is 1. The number of unbranched alkanes of at least 4 members (excludes halogenated alkanes) is 1. The van der Waals surface area contributed by atoms with Crippen molar-refractivity contribution in [3.63, 3.8) is 0 Å². The van der Waals surface area contributed by atoms with Crippen LogP contribution in [0.4, 0.5) is 10.5 Å². The number of nitrogens with zero attached hydrogens (tertiary/aromatic N) is 2. The highest BCUT2D eigenvalue weighted by Gasteiger charge is 2.15. The SMILES string of the molecule is CCCCNC(=O)N(CCCC(C)Nc1cc(OC)cc2cccnc12)Cc1ccc(Cl)cc1. The standard InChI is InChI=1S/C27H35ClN4O2/c1-4-5-14-30-27(33)32(19-21-10-12-23(28)13-11-21)16-7-8-20(2)31-25-18-24(34-3)17-22-9-6-15-29-26(22)25/h6,9-13,15,17-18,20,31H,4-5,7-8,14,16,19H2,1-3H3,(H,30,33). The van der Waals surface area contributed by atoms with Crippen LogP contribution in [0.15, 0.2) is 54.7 Å². The lowest BCUT2D eigenvalue weighted by atomic mass is 10.1. The lowest BCUT2D eigenvalue weighted by Crippen LogP contribution is -2.40. The Morgan fingerprint density at radius 1 is 1.18 bits per heavy atom. The van der Waals surface area contributed by atoms with Crippen LogP contribution >= 0.6 is 11.6 Å². The van der Waals surface area contributed by atoms with Crippen LogP contribution in [0.5, 0.6) is 5.75 Å². The number of halogens is 1. The van der Waals surface area contributed by atoms with Gasteiger partial charge in [-0.2, -0.15) is 0 Å². The molecular weight excluding hydrogens is 448 g/mol. The average molecular weight is 483 g/mol. The van der Waals surface area contributed by atoms with Crippen LogP contribution in [0.3, 0.4) is 0 Å². The molecule has 34 heavy (non-hydrogen) atoms. The van der Waals surface area contributed by atoms with Gasteiger partial charge in [-0.25, -0.2) is 4.79 Å². The number of pyridine rings is 1. The molecule has 0 saturated carbocycles. The molecule has 0 spiro atoms. The van der Waals surface area contributed by atoms with Crippen molar-refractivity contribution < 1.29 is 9.53 Å². The highest BCUT2D eigenvalue weighted by atomic mass is 35.5. The van der Waals surface area contributed by atoms with E-state index in [-0.39, 0.29) is 12.1 Å². The molecule has 2 amide bonds. The van der Waals surface area contributed by atoms with Crippen LogP contribution in [-0.4, -0.2) is 42.2 Å². The first-order valence-electron chi connectivity index (χ1n) is 12.0. The third-order valence-electron chi connectivity index (χ3n) is 5.76. The van der Waals surface area contributed by atoms with E-state index in [1.807, 2.05) is 53.4 Å². The van der Waals surface area contributed by atoms with Gasteiger partial charge in [0.05, 0.1) is 18.3 Å². The maximum absolute atomic E-state index is 12.8. The number of rotatable bonds is 12. The Labute approximate surface area is 207 Å². The monoisotopic (exact) mass is 482 g/mol. The van der Waals surface area contributed by atoms with Crippen LogP contribution in [0.2, 0.25) is 5.02 Å². The van der Waals surface area contributed by atoms with Crippen molar-refractivity contribution in [1.29, 1.82) is 0 Å². The molecule has 0 saturated heterocycles. The highest BCUT2D eigenvalue weighted by Crippen LogP contribution is 2.28. The maximum Gasteiger partial charge on any atom is 0.317 e. The van der Waals surface area contributed by atoms with Crippen LogP contribution in [0.1, 0.15) is 45.1 Å². The third kappa shape index (κ3) is 7.52. The Balaban J connectivity index is 1.60. The molecule has 0 aliphatic carbocycles. The maximum atomic E-state index is 12.8. The van der Waals surface area contributed by atoms with Gasteiger partial charge in [0.1, 0.15) is 5.75 Å². The van der Waals surface area contributed by atoms with Crippen LogP contribution in [0.25, 0.3) is 10.9 Å². The number of carbonyl (C=O) groups excluding carboxylic acids is 1. The fourth-order valence-electron chi connectivity index (χ4n) is 3.87. The second-order valence-electron chi connectivity index (χ2n) is 8.57. The van der Waals surface area contributed by atoms with E-state index in [0.29, 0.717) is 24.7 Å². The van der Waals surface area contributed by atoms with Crippen molar-refractivity contribution >= 4 is 34.2 Å². The molecule has 3 rings (SSSR count). The molecule has 1 aromatic heterocycles. The summed E-state index contributed by atoms with van der Waals surface area (Å²) in [5, 5.41) is 8.37. The van der Waals surface area contributed by atoms with E-state index in [1.165, 1.54) is 0 Å². The first kappa shape index (κ1) is 25.6. The quantitative estimate of drug-likeness (QED) is 0.289. The first-order chi connectivity index (χ1) is 16.5. The van der Waals surface area contributed by atoms with Gasteiger partial charge in [0, 0.05) is 48.3 Å². The largest absolute Gasteiger partial charge is 0.497 e. The highest BCUT2D eigenvalue weighted by molar-refractivity contribution is 6.30. The predicted molar refractivity (Wildman–Crippen MR) is 141 cm³/mol. The van der Waals surface area contributed by atoms with Crippen molar-refractivity contribution in [3.05, 3.63) is 65.3 Å². The Hall–Kier alpha value is -2.99. The number of benzene rings is 2. The summed E-state index contributed by atoms with van der Waals surface area (Å²) in [6.07, 6.45) is 5.61. The lowest BCUT2D eigenvalue weighted by molar-refractivity contribution is 0.193. The number of carbonyl (C=O) groups is 1. The molecule has 0 aliphatic heterocycles. The zero-order chi connectivity index (χ0) is 24.3. The predicted octanol–water partition coefficient (Wildman–Crippen LogP) is 6.49. The summed E-state index contributed by atoms with van der Waals surface area (Å²) in [6, 6.07) is 15.8. The Kier molecular flexibility index (Phi) is 9.83. The molecule has 0 aliphatic rings. The fraction of sp³-hybridized carbons (Fsp3) is 0.407. The van der Waals surface area contributed by atoms with Gasteiger partial charge in [-0.15, -0.1) is 0 Å². The van der Waals surface area contributed by atoms with E-state index in [1.54, 1.807) is 13.3 Å². The van der Waals surface area contributed by atoms with Crippen LogP contribution < -0.4 is 15.4 Å². The number of ether oxygens (including phenoxy) is 1. The summed E-state index contributed by atoms with van der Waals surface area (Å²) in [5.41, 5.74) is 2.95. The molecule has 2 N–H and O–H groups in total. The van der Waals surface area contributed by atoms with E-state index in [4.69, 9.17) is 16.3 Å². The summed E-state index contributed by atoms with van der Waals surface area (Å²) in [5.74, 6) is 0.799. The molecule has 2 aromatic carbocycles. The molecular formula is C27H35ClN4O2. The number of methoxy groups -OCH3 is 1. The zero-order valence-electron chi connectivity index (χ0n) is 20.3. The smallest absolute Gasteiger partial charge is 0.317 e. The van der Waals surface area contributed by atoms with Gasteiger partial charge in [0.15, 0.2) is 0 Å². The number of amides is 2. The van der Waals surface area contributed by atoms with E-state index in [2.05, 4.69) is 29.5 Å². The van der Waals surface area contributed by atoms with Crippen molar-refractivity contribution in [2.75, 3.05) is 25.5 Å². The summed E-state index contributed by atoms with van der Waals surface area (Å²) < 4.78 is 5.46. The summed E-state index contributed by atoms with van der Waals surface area (Å²) in [7, 11) is 1.67. The number of aromatic nitrogens is 1. The second-order valence-corrected chi connectivity index (χ2v) is 9.01. The van der Waals surface area contributed by atoms with E-state index in [0.717, 1.165) is 53.6 Å². The molecule has 3 aromatic rings. The third-order valence-corrected chi connectivity index (χ3v) is 6.01. The van der Waals surface area contributed by atoms with Crippen LogP contribution in [-0.2, 0) is 6.54 Å². The van der Waals surface area contributed by atoms with Gasteiger partial charge in [-0.05, 0) is 56.0 Å². The number of urea groups is 1. The second kappa shape index (κ2) is 13.0. The number of anilines is 1. The first-order valence-corrected chi connectivity index (χ1v) is 12.3. The van der Waals surface area contributed by atoms with Gasteiger partial charge in [-0.1, -0.05) is 43.1 Å². The minimum Gasteiger partial charge on any atom is -0.497 e. The average Bonchev–Trinajstić information content (AvgIpc) is 2.84. The lowest BCUT2D eigenvalue weighted by Gasteiger charge is -2.24. The van der Waals surface area contributed by atoms with Gasteiger partial charge in [0.25, 0.3) is 0 Å². The number of hydrogen-bond acceptors (Lipinski definition) is 4. The van der Waals surface area contributed by atoms with E-state index in [9.17, 15) is 4.79 Å². The van der Waals surface area contributed by atoms with Gasteiger partial charge >= 0.3 is 6.03 Å². The van der Waals surface area contributed by atoms with Crippen molar-refractivity contribution in [1.82, 2.24) is 15.2 Å². The molecule has 0 radical (unpaired) electrons. The molecule has 182 valence electrons. The minimum absolute atomic E-state index is 0.0213. The van der Waals surface area contributed by atoms with E-state index < -0.39 is 0 Å². The minimum atomic E-state index is -0.0213. The van der Waals surface area contributed by atoms with Crippen molar-refractivity contribution in [2.24, 2.45) is 0 Å². The number of nitrogens with one attached hydrogen (secondary N) is 2. The Morgan fingerprint density at radius 3 is 2.71 bits per heavy atom. The van der Waals surface area contributed by atoms with Crippen molar-refractivity contribution in [3.8, 4) is 5.75 Å². The van der Waals surface area contributed by atoms with Gasteiger partial charge in [0.2, 0.25) is 0 Å². The zero-order valence-corrected chi connectivity index (χ0v) is 21.1. The Morgan fingerprint density at radius 2 is 1.97 bits per heavy atom. The number of hydrogen-bond donors (Lipinski definition) is 2. The molecule has 1 heterocycles. The van der Waals surface area contributed by atoms with Crippen LogP contribution in [0, 0.1) is 0 Å². The van der Waals surface area contributed by atoms with E-state index >= 15 is 0 Å². The van der Waals surface area contributed by atoms with Gasteiger partial charge in [-0.3, -0.25) is 4.98 Å². The summed E-state index contributed by atoms with van der Waals surface area (Å²) >= 11 is 6.02. The van der Waals surface area contributed by atoms with Gasteiger partial charge < -0.3 is 20.3 Å². The molecule has 1 unspecified atom stereocenters. The molecule has 6 nitrogen and oxygen atoms in total. The normalized spacial score (nSPS) is 11.8. The topological polar surface area (TPSA) is 66.5 Å². The molecule has 7 heteroatoms. The fourth-order valence-corrected chi connectivity index (χ4v) is 3.99. The van der Waals surface area contributed by atoms with Crippen molar-refractivity contribution in [2.45, 2.75) is 52.1 Å². The summed E-state index contributed by atoms with van der Waals surface area (Å²) in [4.78, 5) is 19.2.